The molecular formula is C19H20N4O2. The maximum atomic E-state index is 12.7. The second-order valence-corrected chi connectivity index (χ2v) is 6.19. The molecule has 0 spiro atoms. The lowest BCUT2D eigenvalue weighted by atomic mass is 10.1. The Labute approximate surface area is 146 Å². The third-order valence-corrected chi connectivity index (χ3v) is 4.10. The molecule has 0 saturated carbocycles. The van der Waals surface area contributed by atoms with E-state index >= 15 is 0 Å². The van der Waals surface area contributed by atoms with E-state index in [1.807, 2.05) is 45.9 Å². The molecule has 0 bridgehead atoms. The van der Waals surface area contributed by atoms with Crippen LogP contribution in [-0.4, -0.2) is 21.0 Å². The molecule has 0 unspecified atom stereocenters. The van der Waals surface area contributed by atoms with Crippen LogP contribution in [0.2, 0.25) is 0 Å². The number of carbonyl (C=O) groups is 1. The fourth-order valence-corrected chi connectivity index (χ4v) is 2.67. The van der Waals surface area contributed by atoms with E-state index in [0.717, 1.165) is 22.4 Å². The van der Waals surface area contributed by atoms with E-state index in [1.165, 1.54) is 0 Å². The smallest absolute Gasteiger partial charge is 0.256 e. The van der Waals surface area contributed by atoms with Gasteiger partial charge in [-0.25, -0.2) is 4.98 Å². The van der Waals surface area contributed by atoms with Crippen LogP contribution in [0.25, 0.3) is 11.4 Å². The lowest BCUT2D eigenvalue weighted by Crippen LogP contribution is -2.15. The number of amides is 1. The molecule has 1 aromatic carbocycles. The summed E-state index contributed by atoms with van der Waals surface area (Å²) in [4.78, 5) is 21.4. The number of aromatic nitrogens is 3. The van der Waals surface area contributed by atoms with E-state index in [2.05, 4.69) is 20.4 Å². The maximum absolute atomic E-state index is 12.7. The van der Waals surface area contributed by atoms with Crippen LogP contribution >= 0.6 is 0 Å². The number of carbonyl (C=O) groups excluding carboxylic acids is 1. The van der Waals surface area contributed by atoms with Crippen molar-refractivity contribution in [1.29, 1.82) is 0 Å². The normalized spacial score (nSPS) is 10.8. The average molecular weight is 336 g/mol. The van der Waals surface area contributed by atoms with Crippen molar-refractivity contribution in [1.82, 2.24) is 15.1 Å². The van der Waals surface area contributed by atoms with Crippen molar-refractivity contribution in [2.45, 2.75) is 34.6 Å². The zero-order valence-electron chi connectivity index (χ0n) is 15.0. The van der Waals surface area contributed by atoms with E-state index in [1.54, 1.807) is 13.0 Å². The van der Waals surface area contributed by atoms with Gasteiger partial charge in [0.25, 0.3) is 5.91 Å². The van der Waals surface area contributed by atoms with Gasteiger partial charge >= 0.3 is 0 Å². The SMILES string of the molecule is Cc1cc(C)c(-c2noc(C)n2)c(NC(=O)c2ccc(C)c(C)c2)n1. The van der Waals surface area contributed by atoms with Crippen molar-refractivity contribution in [2.75, 3.05) is 5.32 Å². The lowest BCUT2D eigenvalue weighted by Gasteiger charge is -2.12. The zero-order chi connectivity index (χ0) is 18.1. The van der Waals surface area contributed by atoms with Gasteiger partial charge in [0.2, 0.25) is 11.7 Å². The van der Waals surface area contributed by atoms with Gasteiger partial charge in [-0.15, -0.1) is 0 Å². The molecule has 0 aliphatic heterocycles. The molecule has 0 saturated heterocycles. The highest BCUT2D eigenvalue weighted by Crippen LogP contribution is 2.29. The molecule has 2 heterocycles. The number of aryl methyl sites for hydroxylation is 5. The third-order valence-electron chi connectivity index (χ3n) is 4.10. The quantitative estimate of drug-likeness (QED) is 0.784. The summed E-state index contributed by atoms with van der Waals surface area (Å²) in [6.07, 6.45) is 0. The minimum Gasteiger partial charge on any atom is -0.339 e. The first-order valence-corrected chi connectivity index (χ1v) is 8.02. The summed E-state index contributed by atoms with van der Waals surface area (Å²) < 4.78 is 5.08. The van der Waals surface area contributed by atoms with Crippen LogP contribution < -0.4 is 5.32 Å². The molecule has 0 atom stereocenters. The molecule has 0 radical (unpaired) electrons. The molecule has 3 rings (SSSR count). The molecule has 6 nitrogen and oxygen atoms in total. The summed E-state index contributed by atoms with van der Waals surface area (Å²) in [6, 6.07) is 7.53. The van der Waals surface area contributed by atoms with Crippen LogP contribution in [0.4, 0.5) is 5.82 Å². The van der Waals surface area contributed by atoms with Gasteiger partial charge < -0.3 is 9.84 Å². The molecular weight excluding hydrogens is 316 g/mol. The van der Waals surface area contributed by atoms with Gasteiger partial charge in [-0.2, -0.15) is 4.98 Å². The van der Waals surface area contributed by atoms with Crippen molar-refractivity contribution in [3.8, 4) is 11.4 Å². The topological polar surface area (TPSA) is 80.9 Å². The molecule has 1 N–H and O–H groups in total. The number of nitrogens with zero attached hydrogens (tertiary/aromatic N) is 3. The first-order valence-electron chi connectivity index (χ1n) is 8.02. The number of rotatable bonds is 3. The summed E-state index contributed by atoms with van der Waals surface area (Å²) >= 11 is 0. The minimum atomic E-state index is -0.220. The summed E-state index contributed by atoms with van der Waals surface area (Å²) in [5.41, 5.74) is 5.18. The van der Waals surface area contributed by atoms with Gasteiger partial charge in [0.1, 0.15) is 5.82 Å². The standard InChI is InChI=1S/C19H20N4O2/c1-10-6-7-15(9-11(10)2)19(24)22-17-16(12(3)8-13(4)20-17)18-21-14(5)25-23-18/h6-9H,1-5H3,(H,20,22,24). The predicted molar refractivity (Wildman–Crippen MR) is 95.6 cm³/mol. The summed E-state index contributed by atoms with van der Waals surface area (Å²) in [7, 11) is 0. The molecule has 3 aromatic rings. The van der Waals surface area contributed by atoms with Crippen molar-refractivity contribution in [2.24, 2.45) is 0 Å². The molecule has 25 heavy (non-hydrogen) atoms. The summed E-state index contributed by atoms with van der Waals surface area (Å²) in [5.74, 6) is 1.09. The molecule has 1 amide bonds. The Bertz CT molecular complexity index is 960. The fraction of sp³-hybridized carbons (Fsp3) is 0.263. The monoisotopic (exact) mass is 336 g/mol. The highest BCUT2D eigenvalue weighted by Gasteiger charge is 2.19. The molecule has 0 fully saturated rings. The highest BCUT2D eigenvalue weighted by atomic mass is 16.5. The predicted octanol–water partition coefficient (Wildman–Crippen LogP) is 3.93. The Morgan fingerprint density at radius 1 is 0.960 bits per heavy atom. The van der Waals surface area contributed by atoms with Gasteiger partial charge in [-0.3, -0.25) is 4.79 Å². The molecule has 0 aliphatic rings. The third kappa shape index (κ3) is 3.42. The van der Waals surface area contributed by atoms with E-state index in [0.29, 0.717) is 28.7 Å². The number of hydrogen-bond donors (Lipinski definition) is 1. The Balaban J connectivity index is 2.01. The van der Waals surface area contributed by atoms with E-state index in [-0.39, 0.29) is 5.91 Å². The van der Waals surface area contributed by atoms with E-state index < -0.39 is 0 Å². The second-order valence-electron chi connectivity index (χ2n) is 6.19. The van der Waals surface area contributed by atoms with Gasteiger partial charge in [0.15, 0.2) is 0 Å². The molecule has 6 heteroatoms. The first-order chi connectivity index (χ1) is 11.8. The average Bonchev–Trinajstić information content (AvgIpc) is 2.95. The number of pyridine rings is 1. The summed E-state index contributed by atoms with van der Waals surface area (Å²) in [6.45, 7) is 9.53. The van der Waals surface area contributed by atoms with Gasteiger partial charge in [-0.05, 0) is 62.6 Å². The van der Waals surface area contributed by atoms with Crippen molar-refractivity contribution >= 4 is 11.7 Å². The van der Waals surface area contributed by atoms with Crippen LogP contribution in [-0.2, 0) is 0 Å². The van der Waals surface area contributed by atoms with Gasteiger partial charge in [0, 0.05) is 18.2 Å². The Morgan fingerprint density at radius 2 is 1.72 bits per heavy atom. The Morgan fingerprint density at radius 3 is 2.36 bits per heavy atom. The van der Waals surface area contributed by atoms with Gasteiger partial charge in [-0.1, -0.05) is 11.2 Å². The largest absolute Gasteiger partial charge is 0.339 e. The van der Waals surface area contributed by atoms with Crippen LogP contribution in [0.3, 0.4) is 0 Å². The van der Waals surface area contributed by atoms with Crippen LogP contribution in [0.5, 0.6) is 0 Å². The van der Waals surface area contributed by atoms with E-state index in [4.69, 9.17) is 4.52 Å². The number of anilines is 1. The lowest BCUT2D eigenvalue weighted by molar-refractivity contribution is 0.102. The molecule has 128 valence electrons. The Hall–Kier alpha value is -3.02. The zero-order valence-corrected chi connectivity index (χ0v) is 15.0. The molecule has 2 aromatic heterocycles. The van der Waals surface area contributed by atoms with Crippen molar-refractivity contribution in [3.05, 3.63) is 58.1 Å². The highest BCUT2D eigenvalue weighted by molar-refractivity contribution is 6.05. The number of nitrogens with one attached hydrogen (secondary N) is 1. The van der Waals surface area contributed by atoms with Crippen LogP contribution in [0, 0.1) is 34.6 Å². The second kappa shape index (κ2) is 6.47. The Kier molecular flexibility index (Phi) is 4.35. The maximum Gasteiger partial charge on any atom is 0.256 e. The number of hydrogen-bond acceptors (Lipinski definition) is 5. The van der Waals surface area contributed by atoms with Crippen molar-refractivity contribution in [3.63, 3.8) is 0 Å². The molecule has 0 aliphatic carbocycles. The fourth-order valence-electron chi connectivity index (χ4n) is 2.67. The van der Waals surface area contributed by atoms with Crippen molar-refractivity contribution < 1.29 is 9.32 Å². The van der Waals surface area contributed by atoms with E-state index in [9.17, 15) is 4.79 Å². The number of benzene rings is 1. The van der Waals surface area contributed by atoms with Gasteiger partial charge in [0.05, 0.1) is 5.56 Å². The summed E-state index contributed by atoms with van der Waals surface area (Å²) in [5, 5.41) is 6.86. The minimum absolute atomic E-state index is 0.220. The van der Waals surface area contributed by atoms with Crippen LogP contribution in [0.1, 0.15) is 38.6 Å². The van der Waals surface area contributed by atoms with Crippen LogP contribution in [0.15, 0.2) is 28.8 Å². The first kappa shape index (κ1) is 16.8.